The van der Waals surface area contributed by atoms with Crippen LogP contribution in [0.3, 0.4) is 0 Å². The Morgan fingerprint density at radius 1 is 1.00 bits per heavy atom. The number of carbonyl (C=O) groups is 1. The van der Waals surface area contributed by atoms with E-state index in [-0.39, 0.29) is 35.6 Å². The van der Waals surface area contributed by atoms with Gasteiger partial charge in [0.25, 0.3) is 0 Å². The average molecular weight is 280 g/mol. The summed E-state index contributed by atoms with van der Waals surface area (Å²) >= 11 is 0. The van der Waals surface area contributed by atoms with E-state index < -0.39 is 0 Å². The molecule has 3 aliphatic rings. The van der Waals surface area contributed by atoms with Gasteiger partial charge >= 0.3 is 0 Å². The van der Waals surface area contributed by atoms with Crippen molar-refractivity contribution >= 4 is 5.78 Å². The largest absolute Gasteiger partial charge is 0.364 e. The standard InChI is InChI=1S/C18H13FO2/c1-8-6-9(19)7-12-13(8)16(20)15-14(12)17-10-4-2-3-5-11(10)18(15)21-17/h2-7,14-15,17-18H,1H3/t14-,15-,17+,18-/m0/s1. The first kappa shape index (κ1) is 11.6. The van der Waals surface area contributed by atoms with E-state index in [9.17, 15) is 9.18 Å². The molecule has 2 aromatic rings. The van der Waals surface area contributed by atoms with Gasteiger partial charge in [0, 0.05) is 11.5 Å². The molecule has 3 heteroatoms. The highest BCUT2D eigenvalue weighted by Gasteiger charge is 2.59. The zero-order valence-electron chi connectivity index (χ0n) is 11.5. The van der Waals surface area contributed by atoms with E-state index in [0.717, 1.165) is 27.8 Å². The van der Waals surface area contributed by atoms with Crippen LogP contribution in [0.5, 0.6) is 0 Å². The Morgan fingerprint density at radius 2 is 1.67 bits per heavy atom. The summed E-state index contributed by atoms with van der Waals surface area (Å²) in [6, 6.07) is 11.1. The first-order valence-corrected chi connectivity index (χ1v) is 7.25. The highest BCUT2D eigenvalue weighted by Crippen LogP contribution is 2.65. The molecule has 21 heavy (non-hydrogen) atoms. The number of hydrogen-bond acceptors (Lipinski definition) is 2. The number of aryl methyl sites for hydroxylation is 1. The SMILES string of the molecule is Cc1cc(F)cc2c1C(=O)[C@@H]1[C@H]2[C@@H]2O[C@H]1c1ccccc12. The predicted molar refractivity (Wildman–Crippen MR) is 74.7 cm³/mol. The minimum atomic E-state index is -0.268. The van der Waals surface area contributed by atoms with Crippen LogP contribution in [0.4, 0.5) is 4.39 Å². The summed E-state index contributed by atoms with van der Waals surface area (Å²) in [7, 11) is 0. The summed E-state index contributed by atoms with van der Waals surface area (Å²) in [6.07, 6.45) is -0.277. The van der Waals surface area contributed by atoms with E-state index in [4.69, 9.17) is 4.74 Å². The Hall–Kier alpha value is -2.00. The van der Waals surface area contributed by atoms with E-state index in [1.807, 2.05) is 25.1 Å². The molecular weight excluding hydrogens is 267 g/mol. The van der Waals surface area contributed by atoms with Gasteiger partial charge in [-0.1, -0.05) is 24.3 Å². The number of fused-ring (bicyclic) bond motifs is 10. The molecule has 1 aliphatic carbocycles. The number of hydrogen-bond donors (Lipinski definition) is 0. The van der Waals surface area contributed by atoms with Crippen LogP contribution in [-0.4, -0.2) is 5.78 Å². The Balaban J connectivity index is 1.77. The molecule has 0 saturated carbocycles. The second-order valence-electron chi connectivity index (χ2n) is 6.21. The fraction of sp³-hybridized carbons (Fsp3) is 0.278. The van der Waals surface area contributed by atoms with Crippen molar-refractivity contribution in [3.63, 3.8) is 0 Å². The molecule has 0 unspecified atom stereocenters. The molecular formula is C18H13FO2. The van der Waals surface area contributed by atoms with Crippen LogP contribution < -0.4 is 0 Å². The molecule has 2 aliphatic heterocycles. The fourth-order valence-electron chi connectivity index (χ4n) is 4.46. The van der Waals surface area contributed by atoms with Crippen LogP contribution in [0, 0.1) is 18.7 Å². The first-order chi connectivity index (χ1) is 10.2. The lowest BCUT2D eigenvalue weighted by atomic mass is 9.76. The van der Waals surface area contributed by atoms with Crippen LogP contribution in [0.2, 0.25) is 0 Å². The molecule has 0 radical (unpaired) electrons. The third kappa shape index (κ3) is 1.24. The maximum atomic E-state index is 13.8. The molecule has 104 valence electrons. The van der Waals surface area contributed by atoms with Crippen LogP contribution in [0.25, 0.3) is 0 Å². The molecule has 2 heterocycles. The third-order valence-corrected chi connectivity index (χ3v) is 5.18. The highest BCUT2D eigenvalue weighted by atomic mass is 19.1. The van der Waals surface area contributed by atoms with E-state index in [2.05, 4.69) is 6.07 Å². The van der Waals surface area contributed by atoms with E-state index >= 15 is 0 Å². The lowest BCUT2D eigenvalue weighted by molar-refractivity contribution is 0.0525. The molecule has 1 saturated heterocycles. The summed E-state index contributed by atoms with van der Waals surface area (Å²) < 4.78 is 19.9. The van der Waals surface area contributed by atoms with E-state index in [0.29, 0.717) is 0 Å². The maximum Gasteiger partial charge on any atom is 0.170 e. The van der Waals surface area contributed by atoms with Crippen molar-refractivity contribution in [3.05, 3.63) is 70.0 Å². The van der Waals surface area contributed by atoms with Crippen LogP contribution in [-0.2, 0) is 4.74 Å². The highest BCUT2D eigenvalue weighted by molar-refractivity contribution is 6.05. The van der Waals surface area contributed by atoms with Gasteiger partial charge in [-0.25, -0.2) is 4.39 Å². The number of benzene rings is 2. The zero-order valence-corrected chi connectivity index (χ0v) is 11.5. The second kappa shape index (κ2) is 3.60. The maximum absolute atomic E-state index is 13.8. The number of halogens is 1. The third-order valence-electron chi connectivity index (χ3n) is 5.18. The van der Waals surface area contributed by atoms with E-state index in [1.54, 1.807) is 0 Å². The minimum absolute atomic E-state index is 0.0261. The van der Waals surface area contributed by atoms with Gasteiger partial charge < -0.3 is 4.74 Å². The smallest absolute Gasteiger partial charge is 0.170 e. The van der Waals surface area contributed by atoms with Crippen LogP contribution in [0.1, 0.15) is 50.7 Å². The van der Waals surface area contributed by atoms with Crippen molar-refractivity contribution in [1.82, 2.24) is 0 Å². The summed E-state index contributed by atoms with van der Waals surface area (Å²) in [4.78, 5) is 12.8. The molecule has 0 aromatic heterocycles. The molecule has 0 amide bonds. The van der Waals surface area contributed by atoms with Gasteiger partial charge in [0.05, 0.1) is 18.1 Å². The normalized spacial score (nSPS) is 31.2. The lowest BCUT2D eigenvalue weighted by Crippen LogP contribution is -2.20. The number of Topliss-reactive ketones (excluding diaryl/α,β-unsaturated/α-hetero) is 1. The predicted octanol–water partition coefficient (Wildman–Crippen LogP) is 3.86. The van der Waals surface area contributed by atoms with Crippen molar-refractivity contribution in [2.24, 2.45) is 5.92 Å². The number of ketones is 1. The van der Waals surface area contributed by atoms with Crippen molar-refractivity contribution in [2.45, 2.75) is 25.0 Å². The van der Waals surface area contributed by atoms with Gasteiger partial charge in [0.2, 0.25) is 0 Å². The Labute approximate surface area is 121 Å². The number of rotatable bonds is 0. The number of carbonyl (C=O) groups excluding carboxylic acids is 1. The van der Waals surface area contributed by atoms with Gasteiger partial charge in [0.15, 0.2) is 5.78 Å². The molecule has 1 fully saturated rings. The van der Waals surface area contributed by atoms with Crippen molar-refractivity contribution < 1.29 is 13.9 Å². The van der Waals surface area contributed by atoms with E-state index in [1.165, 1.54) is 12.1 Å². The zero-order chi connectivity index (χ0) is 14.3. The van der Waals surface area contributed by atoms with Gasteiger partial charge in [-0.2, -0.15) is 0 Å². The van der Waals surface area contributed by atoms with Gasteiger partial charge in [0.1, 0.15) is 5.82 Å². The summed E-state index contributed by atoms with van der Waals surface area (Å²) in [5.74, 6) is -0.354. The minimum Gasteiger partial charge on any atom is -0.364 e. The fourth-order valence-corrected chi connectivity index (χ4v) is 4.46. The monoisotopic (exact) mass is 280 g/mol. The molecule has 2 nitrogen and oxygen atoms in total. The molecule has 5 rings (SSSR count). The molecule has 2 aromatic carbocycles. The molecule has 4 atom stereocenters. The molecule has 2 bridgehead atoms. The molecule has 0 N–H and O–H groups in total. The lowest BCUT2D eigenvalue weighted by Gasteiger charge is -2.22. The van der Waals surface area contributed by atoms with Crippen molar-refractivity contribution in [3.8, 4) is 0 Å². The molecule has 0 spiro atoms. The van der Waals surface area contributed by atoms with Crippen molar-refractivity contribution in [2.75, 3.05) is 0 Å². The van der Waals surface area contributed by atoms with Gasteiger partial charge in [-0.3, -0.25) is 4.79 Å². The Bertz CT molecular complexity index is 811. The summed E-state index contributed by atoms with van der Waals surface area (Å²) in [5.41, 5.74) is 4.59. The first-order valence-electron chi connectivity index (χ1n) is 7.25. The average Bonchev–Trinajstić information content (AvgIpc) is 3.09. The van der Waals surface area contributed by atoms with Gasteiger partial charge in [-0.05, 0) is 41.3 Å². The topological polar surface area (TPSA) is 26.3 Å². The van der Waals surface area contributed by atoms with Crippen LogP contribution in [0.15, 0.2) is 36.4 Å². The Morgan fingerprint density at radius 3 is 2.38 bits per heavy atom. The Kier molecular flexibility index (Phi) is 2.00. The quantitative estimate of drug-likeness (QED) is 0.732. The van der Waals surface area contributed by atoms with Gasteiger partial charge in [-0.15, -0.1) is 0 Å². The van der Waals surface area contributed by atoms with Crippen LogP contribution >= 0.6 is 0 Å². The van der Waals surface area contributed by atoms with Crippen molar-refractivity contribution in [1.29, 1.82) is 0 Å². The summed E-state index contributed by atoms with van der Waals surface area (Å²) in [5, 5.41) is 0. The number of ether oxygens (including phenoxy) is 1. The second-order valence-corrected chi connectivity index (χ2v) is 6.21. The summed E-state index contributed by atoms with van der Waals surface area (Å²) in [6.45, 7) is 1.82.